The minimum absolute atomic E-state index is 0.0301. The van der Waals surface area contributed by atoms with Crippen LogP contribution in [0.3, 0.4) is 0 Å². The van der Waals surface area contributed by atoms with Gasteiger partial charge in [0, 0.05) is 6.04 Å². The maximum atomic E-state index is 12.2. The van der Waals surface area contributed by atoms with Crippen LogP contribution in [0.5, 0.6) is 0 Å². The van der Waals surface area contributed by atoms with Gasteiger partial charge in [0.1, 0.15) is 6.04 Å². The molecule has 0 aromatic rings. The van der Waals surface area contributed by atoms with Crippen molar-refractivity contribution in [3.05, 3.63) is 0 Å². The Morgan fingerprint density at radius 2 is 1.86 bits per heavy atom. The second-order valence-electron chi connectivity index (χ2n) is 5.65. The van der Waals surface area contributed by atoms with Gasteiger partial charge in [-0.05, 0) is 31.1 Å². The molecular weight excluding hydrogens is 268 g/mol. The number of hydrogen-bond donors (Lipinski definition) is 2. The van der Waals surface area contributed by atoms with E-state index in [0.29, 0.717) is 0 Å². The highest BCUT2D eigenvalue weighted by Crippen LogP contribution is 2.27. The van der Waals surface area contributed by atoms with E-state index < -0.39 is 12.1 Å². The molecule has 3 atom stereocenters. The Balaban J connectivity index is 0.00000191. The van der Waals surface area contributed by atoms with Crippen LogP contribution in [0.1, 0.15) is 60.3 Å². The van der Waals surface area contributed by atoms with Crippen molar-refractivity contribution in [3.63, 3.8) is 0 Å². The Kier molecular flexibility index (Phi) is 9.84. The summed E-state index contributed by atoms with van der Waals surface area (Å²) >= 11 is 0. The summed E-state index contributed by atoms with van der Waals surface area (Å²) in [6.45, 7) is 10.00. The van der Waals surface area contributed by atoms with Gasteiger partial charge in [0.25, 0.3) is 0 Å². The van der Waals surface area contributed by atoms with E-state index in [1.165, 1.54) is 20.0 Å². The maximum absolute atomic E-state index is 12.2. The van der Waals surface area contributed by atoms with E-state index in [1.807, 2.05) is 27.7 Å². The smallest absolute Gasteiger partial charge is 0.407 e. The highest BCUT2D eigenvalue weighted by Gasteiger charge is 2.29. The van der Waals surface area contributed by atoms with Crippen molar-refractivity contribution in [2.75, 3.05) is 7.11 Å². The summed E-state index contributed by atoms with van der Waals surface area (Å²) < 4.78 is 4.56. The average Bonchev–Trinajstić information content (AvgIpc) is 2.93. The lowest BCUT2D eigenvalue weighted by atomic mass is 10.0. The van der Waals surface area contributed by atoms with E-state index in [-0.39, 0.29) is 17.9 Å². The number of nitrogens with one attached hydrogen (secondary N) is 2. The third-order valence-corrected chi connectivity index (χ3v) is 3.87. The Morgan fingerprint density at radius 3 is 2.29 bits per heavy atom. The maximum Gasteiger partial charge on any atom is 0.407 e. The van der Waals surface area contributed by atoms with Crippen LogP contribution >= 0.6 is 0 Å². The van der Waals surface area contributed by atoms with Gasteiger partial charge in [0.15, 0.2) is 0 Å². The third kappa shape index (κ3) is 6.82. The van der Waals surface area contributed by atoms with Crippen molar-refractivity contribution in [1.29, 1.82) is 0 Å². The number of carbonyl (C=O) groups excluding carboxylic acids is 2. The van der Waals surface area contributed by atoms with Crippen molar-refractivity contribution in [3.8, 4) is 0 Å². The highest BCUT2D eigenvalue weighted by molar-refractivity contribution is 5.86. The molecule has 1 rings (SSSR count). The fraction of sp³-hybridized carbons (Fsp3) is 0.875. The molecule has 1 fully saturated rings. The van der Waals surface area contributed by atoms with E-state index in [0.717, 1.165) is 18.8 Å². The molecule has 0 saturated heterocycles. The summed E-state index contributed by atoms with van der Waals surface area (Å²) in [7, 11) is 1.30. The molecule has 0 bridgehead atoms. The van der Waals surface area contributed by atoms with Crippen LogP contribution in [0, 0.1) is 11.8 Å². The molecule has 1 aliphatic rings. The van der Waals surface area contributed by atoms with Crippen LogP contribution in [0.15, 0.2) is 0 Å². The number of ether oxygens (including phenoxy) is 1. The molecule has 0 aliphatic heterocycles. The average molecular weight is 300 g/mol. The van der Waals surface area contributed by atoms with Gasteiger partial charge in [0.05, 0.1) is 7.11 Å². The van der Waals surface area contributed by atoms with Crippen LogP contribution in [-0.4, -0.2) is 31.2 Å². The molecule has 5 heteroatoms. The van der Waals surface area contributed by atoms with E-state index in [2.05, 4.69) is 22.3 Å². The molecule has 1 aliphatic carbocycles. The van der Waals surface area contributed by atoms with E-state index in [4.69, 9.17) is 0 Å². The lowest BCUT2D eigenvalue weighted by molar-refractivity contribution is -0.124. The van der Waals surface area contributed by atoms with Gasteiger partial charge in [-0.15, -0.1) is 0 Å². The van der Waals surface area contributed by atoms with Gasteiger partial charge < -0.3 is 15.4 Å². The first-order chi connectivity index (χ1) is 9.97. The van der Waals surface area contributed by atoms with Crippen LogP contribution < -0.4 is 10.6 Å². The lowest BCUT2D eigenvalue weighted by Gasteiger charge is -2.23. The van der Waals surface area contributed by atoms with Crippen LogP contribution in [0.2, 0.25) is 0 Å². The first kappa shape index (κ1) is 19.7. The van der Waals surface area contributed by atoms with Crippen molar-refractivity contribution < 1.29 is 14.3 Å². The van der Waals surface area contributed by atoms with Crippen LogP contribution in [0.4, 0.5) is 4.79 Å². The Hall–Kier alpha value is -1.26. The number of hydrogen-bond acceptors (Lipinski definition) is 3. The molecule has 0 aromatic heterocycles. The van der Waals surface area contributed by atoms with Crippen LogP contribution in [0.25, 0.3) is 0 Å². The molecule has 124 valence electrons. The largest absolute Gasteiger partial charge is 0.453 e. The zero-order valence-corrected chi connectivity index (χ0v) is 14.4. The molecule has 2 N–H and O–H groups in total. The molecule has 5 nitrogen and oxygen atoms in total. The lowest BCUT2D eigenvalue weighted by Crippen LogP contribution is -2.51. The molecule has 21 heavy (non-hydrogen) atoms. The summed E-state index contributed by atoms with van der Waals surface area (Å²) in [6.07, 6.45) is 3.86. The fourth-order valence-electron chi connectivity index (χ4n) is 2.59. The number of rotatable bonds is 5. The predicted molar refractivity (Wildman–Crippen MR) is 85.1 cm³/mol. The molecule has 0 aromatic carbocycles. The second kappa shape index (κ2) is 10.5. The van der Waals surface area contributed by atoms with Gasteiger partial charge >= 0.3 is 6.09 Å². The third-order valence-electron chi connectivity index (χ3n) is 3.87. The van der Waals surface area contributed by atoms with Gasteiger partial charge in [-0.25, -0.2) is 4.79 Å². The summed E-state index contributed by atoms with van der Waals surface area (Å²) in [4.78, 5) is 23.5. The second-order valence-corrected chi connectivity index (χ2v) is 5.65. The van der Waals surface area contributed by atoms with Gasteiger partial charge in [-0.1, -0.05) is 41.0 Å². The molecule has 3 unspecified atom stereocenters. The van der Waals surface area contributed by atoms with Gasteiger partial charge in [-0.3, -0.25) is 4.79 Å². The van der Waals surface area contributed by atoms with Gasteiger partial charge in [0.2, 0.25) is 5.91 Å². The van der Waals surface area contributed by atoms with E-state index in [9.17, 15) is 9.59 Å². The zero-order chi connectivity index (χ0) is 16.4. The first-order valence-electron chi connectivity index (χ1n) is 8.12. The molecule has 0 spiro atoms. The Bertz CT molecular complexity index is 319. The molecule has 1 saturated carbocycles. The Morgan fingerprint density at radius 1 is 1.24 bits per heavy atom. The minimum atomic E-state index is -0.563. The summed E-state index contributed by atoms with van der Waals surface area (Å²) in [5.74, 6) is 0.640. The molecular formula is C16H32N2O3. The monoisotopic (exact) mass is 300 g/mol. The van der Waals surface area contributed by atoms with Gasteiger partial charge in [-0.2, -0.15) is 0 Å². The standard InChI is InChI=1S/C14H26N2O3.C2H6/c1-5-10-6-7-11(8-10)15-13(17)12(9(2)3)16-14(18)19-4;1-2/h9-12H,5-8H2,1-4H3,(H,15,17)(H,16,18);1-2H3. The Labute approximate surface area is 129 Å². The SMILES string of the molecule is CC.CCC1CCC(NC(=O)C(NC(=O)OC)C(C)C)C1. The topological polar surface area (TPSA) is 67.4 Å². The quantitative estimate of drug-likeness (QED) is 0.820. The normalized spacial score (nSPS) is 22.0. The van der Waals surface area contributed by atoms with Crippen molar-refractivity contribution in [2.45, 2.75) is 72.4 Å². The van der Waals surface area contributed by atoms with Crippen LogP contribution in [-0.2, 0) is 9.53 Å². The molecule has 2 amide bonds. The van der Waals surface area contributed by atoms with E-state index in [1.54, 1.807) is 0 Å². The minimum Gasteiger partial charge on any atom is -0.453 e. The summed E-state index contributed by atoms with van der Waals surface area (Å²) in [5, 5.41) is 5.64. The summed E-state index contributed by atoms with van der Waals surface area (Å²) in [6, 6.07) is -0.286. The van der Waals surface area contributed by atoms with Crippen molar-refractivity contribution in [1.82, 2.24) is 10.6 Å². The molecule has 0 heterocycles. The number of carbonyl (C=O) groups is 2. The molecule has 0 radical (unpaired) electrons. The first-order valence-corrected chi connectivity index (χ1v) is 8.12. The van der Waals surface area contributed by atoms with E-state index >= 15 is 0 Å². The van der Waals surface area contributed by atoms with Crippen molar-refractivity contribution >= 4 is 12.0 Å². The highest BCUT2D eigenvalue weighted by atomic mass is 16.5. The predicted octanol–water partition coefficient (Wildman–Crippen LogP) is 3.09. The zero-order valence-electron chi connectivity index (χ0n) is 14.4. The fourth-order valence-corrected chi connectivity index (χ4v) is 2.59. The van der Waals surface area contributed by atoms with Crippen molar-refractivity contribution in [2.24, 2.45) is 11.8 Å². The number of alkyl carbamates (subject to hydrolysis) is 1. The summed E-state index contributed by atoms with van der Waals surface area (Å²) in [5.41, 5.74) is 0. The number of amides is 2. The number of methoxy groups -OCH3 is 1.